The van der Waals surface area contributed by atoms with Crippen LogP contribution < -0.4 is 9.46 Å². The van der Waals surface area contributed by atoms with Gasteiger partial charge in [-0.1, -0.05) is 30.3 Å². The van der Waals surface area contributed by atoms with E-state index in [0.717, 1.165) is 56.9 Å². The molecule has 1 unspecified atom stereocenters. The van der Waals surface area contributed by atoms with E-state index in [4.69, 9.17) is 14.2 Å². The van der Waals surface area contributed by atoms with Crippen LogP contribution >= 0.6 is 0 Å². The fraction of sp³-hybridized carbons (Fsp3) is 0.548. The van der Waals surface area contributed by atoms with Crippen molar-refractivity contribution in [2.24, 2.45) is 5.41 Å². The van der Waals surface area contributed by atoms with Gasteiger partial charge in [-0.15, -0.1) is 0 Å². The molecule has 2 amide bonds. The maximum atomic E-state index is 13.5. The largest absolute Gasteiger partial charge is 0.496 e. The molecule has 220 valence electrons. The van der Waals surface area contributed by atoms with Crippen LogP contribution in [0.1, 0.15) is 69.8 Å². The highest BCUT2D eigenvalue weighted by atomic mass is 32.2. The van der Waals surface area contributed by atoms with E-state index in [1.54, 1.807) is 13.2 Å². The van der Waals surface area contributed by atoms with Gasteiger partial charge in [0.2, 0.25) is 5.91 Å². The van der Waals surface area contributed by atoms with Gasteiger partial charge in [0.1, 0.15) is 11.4 Å². The zero-order valence-electron chi connectivity index (χ0n) is 23.7. The van der Waals surface area contributed by atoms with E-state index in [1.807, 2.05) is 41.3 Å². The second-order valence-electron chi connectivity index (χ2n) is 11.9. The molecule has 0 radical (unpaired) electrons. The van der Waals surface area contributed by atoms with E-state index in [1.165, 1.54) is 6.92 Å². The third kappa shape index (κ3) is 5.49. The fourth-order valence-corrected chi connectivity index (χ4v) is 7.94. The molecule has 2 atom stereocenters. The van der Waals surface area contributed by atoms with Gasteiger partial charge in [0.05, 0.1) is 12.0 Å². The molecule has 1 spiro atoms. The Morgan fingerprint density at radius 1 is 1.05 bits per heavy atom. The van der Waals surface area contributed by atoms with Crippen LogP contribution in [0.4, 0.5) is 0 Å². The van der Waals surface area contributed by atoms with Crippen molar-refractivity contribution in [2.45, 2.75) is 81.0 Å². The van der Waals surface area contributed by atoms with E-state index < -0.39 is 21.5 Å². The molecule has 2 aromatic carbocycles. The van der Waals surface area contributed by atoms with Crippen molar-refractivity contribution >= 4 is 21.8 Å². The van der Waals surface area contributed by atoms with Crippen molar-refractivity contribution in [3.63, 3.8) is 0 Å². The Morgan fingerprint density at radius 2 is 1.78 bits per heavy atom. The fourth-order valence-electron chi connectivity index (χ4n) is 6.67. The van der Waals surface area contributed by atoms with Crippen LogP contribution in [-0.2, 0) is 29.1 Å². The number of likely N-dealkylation sites (tertiary alicyclic amines) is 1. The average Bonchev–Trinajstić information content (AvgIpc) is 3.90. The number of rotatable bonds is 8. The van der Waals surface area contributed by atoms with E-state index in [2.05, 4.69) is 4.72 Å². The number of hydrogen-bond donors (Lipinski definition) is 1. The minimum Gasteiger partial charge on any atom is -0.496 e. The summed E-state index contributed by atoms with van der Waals surface area (Å²) in [6.45, 7) is 3.10. The second kappa shape index (κ2) is 10.7. The van der Waals surface area contributed by atoms with Crippen molar-refractivity contribution in [1.82, 2.24) is 9.62 Å². The standard InChI is InChI=1S/C31H38N2O7S/c1-21(34)32-41(36,37)27-19-23(22-8-4-3-5-9-22)26(38-2)18-24(27)25-20-30(25)13-15-33(16-14-30)29(35)31(11-12-31)40-28-10-6-7-17-39-28/h3-5,8-9,18-19,25,28H,6-7,10-17,20H2,1-2H3,(H,32,34)/t25-,28?/m1/s1. The van der Waals surface area contributed by atoms with E-state index in [-0.39, 0.29) is 28.4 Å². The number of nitrogens with zero attached hydrogens (tertiary/aromatic N) is 1. The quantitative estimate of drug-likeness (QED) is 0.492. The Labute approximate surface area is 241 Å². The summed E-state index contributed by atoms with van der Waals surface area (Å²) in [6, 6.07) is 12.9. The van der Waals surface area contributed by atoms with Crippen LogP contribution in [0.15, 0.2) is 47.4 Å². The number of hydrogen-bond acceptors (Lipinski definition) is 7. The zero-order valence-corrected chi connectivity index (χ0v) is 24.5. The molecule has 41 heavy (non-hydrogen) atoms. The number of carbonyl (C=O) groups excluding carboxylic acids is 2. The molecule has 4 fully saturated rings. The number of methoxy groups -OCH3 is 1. The number of carbonyl (C=O) groups is 2. The molecule has 2 heterocycles. The van der Waals surface area contributed by atoms with Crippen molar-refractivity contribution in [2.75, 3.05) is 26.8 Å². The number of amides is 2. The zero-order chi connectivity index (χ0) is 28.8. The summed E-state index contributed by atoms with van der Waals surface area (Å²) in [4.78, 5) is 27.4. The SMILES string of the molecule is COc1cc([C@H]2CC23CCN(C(=O)C2(OC4CCCCO4)CC2)CC3)c(S(=O)(=O)NC(C)=O)cc1-c1ccccc1. The van der Waals surface area contributed by atoms with Gasteiger partial charge < -0.3 is 19.1 Å². The lowest BCUT2D eigenvalue weighted by Crippen LogP contribution is -2.48. The summed E-state index contributed by atoms with van der Waals surface area (Å²) in [7, 11) is -2.53. The molecule has 4 aliphatic rings. The van der Waals surface area contributed by atoms with Crippen molar-refractivity contribution < 1.29 is 32.2 Å². The molecule has 0 bridgehead atoms. The van der Waals surface area contributed by atoms with Gasteiger partial charge >= 0.3 is 0 Å². The summed E-state index contributed by atoms with van der Waals surface area (Å²) >= 11 is 0. The van der Waals surface area contributed by atoms with Gasteiger partial charge in [-0.25, -0.2) is 13.1 Å². The molecule has 6 rings (SSSR count). The van der Waals surface area contributed by atoms with Gasteiger partial charge in [-0.3, -0.25) is 9.59 Å². The second-order valence-corrected chi connectivity index (χ2v) is 13.6. The smallest absolute Gasteiger partial charge is 0.264 e. The minimum atomic E-state index is -4.10. The Bertz CT molecular complexity index is 1420. The van der Waals surface area contributed by atoms with Crippen LogP contribution in [0.2, 0.25) is 0 Å². The van der Waals surface area contributed by atoms with Crippen LogP contribution in [-0.4, -0.2) is 63.8 Å². The number of nitrogens with one attached hydrogen (secondary N) is 1. The maximum absolute atomic E-state index is 13.5. The third-order valence-electron chi connectivity index (χ3n) is 9.18. The summed E-state index contributed by atoms with van der Waals surface area (Å²) in [5.41, 5.74) is 1.29. The van der Waals surface area contributed by atoms with Gasteiger partial charge in [0, 0.05) is 32.2 Å². The molecule has 9 nitrogen and oxygen atoms in total. The lowest BCUT2D eigenvalue weighted by atomic mass is 9.88. The van der Waals surface area contributed by atoms with E-state index in [0.29, 0.717) is 36.6 Å². The monoisotopic (exact) mass is 582 g/mol. The third-order valence-corrected chi connectivity index (χ3v) is 10.7. The molecule has 2 saturated heterocycles. The number of sulfonamides is 1. The van der Waals surface area contributed by atoms with Crippen molar-refractivity contribution in [3.05, 3.63) is 48.0 Å². The first kappa shape index (κ1) is 28.2. The highest BCUT2D eigenvalue weighted by Crippen LogP contribution is 2.66. The minimum absolute atomic E-state index is 0.0150. The normalized spacial score (nSPS) is 24.5. The topological polar surface area (TPSA) is 111 Å². The molecule has 2 aromatic rings. The molecular formula is C31H38N2O7S. The van der Waals surface area contributed by atoms with Gasteiger partial charge in [-0.05, 0) is 86.0 Å². The summed E-state index contributed by atoms with van der Waals surface area (Å²) < 4.78 is 46.7. The number of piperidine rings is 1. The van der Waals surface area contributed by atoms with Gasteiger partial charge in [0.15, 0.2) is 6.29 Å². The predicted octanol–water partition coefficient (Wildman–Crippen LogP) is 4.36. The summed E-state index contributed by atoms with van der Waals surface area (Å²) in [5, 5.41) is 0. The van der Waals surface area contributed by atoms with Crippen molar-refractivity contribution in [1.29, 1.82) is 0 Å². The van der Waals surface area contributed by atoms with Crippen LogP contribution in [0.5, 0.6) is 5.75 Å². The lowest BCUT2D eigenvalue weighted by molar-refractivity contribution is -0.205. The molecule has 2 saturated carbocycles. The molecule has 0 aromatic heterocycles. The molecular weight excluding hydrogens is 544 g/mol. The van der Waals surface area contributed by atoms with Gasteiger partial charge in [-0.2, -0.15) is 0 Å². The first-order chi connectivity index (χ1) is 19.7. The molecule has 2 aliphatic heterocycles. The van der Waals surface area contributed by atoms with E-state index >= 15 is 0 Å². The van der Waals surface area contributed by atoms with Crippen LogP contribution in [0, 0.1) is 5.41 Å². The predicted molar refractivity (Wildman–Crippen MR) is 152 cm³/mol. The summed E-state index contributed by atoms with van der Waals surface area (Å²) in [5.74, 6) is -0.0130. The Morgan fingerprint density at radius 3 is 2.39 bits per heavy atom. The Balaban J connectivity index is 1.23. The van der Waals surface area contributed by atoms with Crippen LogP contribution in [0.3, 0.4) is 0 Å². The Kier molecular flexibility index (Phi) is 7.36. The van der Waals surface area contributed by atoms with E-state index in [9.17, 15) is 18.0 Å². The molecule has 2 aliphatic carbocycles. The lowest BCUT2D eigenvalue weighted by Gasteiger charge is -2.36. The number of benzene rings is 2. The average molecular weight is 583 g/mol. The van der Waals surface area contributed by atoms with Gasteiger partial charge in [0.25, 0.3) is 15.9 Å². The maximum Gasteiger partial charge on any atom is 0.264 e. The Hall–Kier alpha value is -2.95. The molecule has 1 N–H and O–H groups in total. The first-order valence-electron chi connectivity index (χ1n) is 14.6. The highest BCUT2D eigenvalue weighted by molar-refractivity contribution is 7.90. The first-order valence-corrected chi connectivity index (χ1v) is 16.0. The summed E-state index contributed by atoms with van der Waals surface area (Å²) in [6.07, 6.45) is 6.46. The van der Waals surface area contributed by atoms with Crippen LogP contribution in [0.25, 0.3) is 11.1 Å². The van der Waals surface area contributed by atoms with Crippen molar-refractivity contribution in [3.8, 4) is 16.9 Å². The molecule has 10 heteroatoms. The number of ether oxygens (including phenoxy) is 3. The highest BCUT2D eigenvalue weighted by Gasteiger charge is 2.60.